The molecule has 0 amide bonds. The van der Waals surface area contributed by atoms with Crippen LogP contribution in [-0.4, -0.2) is 36.6 Å². The van der Waals surface area contributed by atoms with Gasteiger partial charge in [0.2, 0.25) is 5.78 Å². The van der Waals surface area contributed by atoms with Crippen molar-refractivity contribution in [3.63, 3.8) is 0 Å². The van der Waals surface area contributed by atoms with Crippen LogP contribution in [0.1, 0.15) is 27.6 Å². The van der Waals surface area contributed by atoms with Crippen LogP contribution < -0.4 is 9.47 Å². The molecule has 6 nitrogen and oxygen atoms in total. The van der Waals surface area contributed by atoms with Gasteiger partial charge in [0.15, 0.2) is 17.6 Å². The lowest BCUT2D eigenvalue weighted by molar-refractivity contribution is -0.0512. The van der Waals surface area contributed by atoms with Crippen molar-refractivity contribution in [1.29, 1.82) is 0 Å². The summed E-state index contributed by atoms with van der Waals surface area (Å²) in [4.78, 5) is 28.0. The van der Waals surface area contributed by atoms with Gasteiger partial charge in [-0.15, -0.1) is 0 Å². The Morgan fingerprint density at radius 3 is 2.54 bits per heavy atom. The Morgan fingerprint density at radius 2 is 1.82 bits per heavy atom. The fourth-order valence-corrected chi connectivity index (χ4v) is 2.76. The second-order valence-electron chi connectivity index (χ2n) is 5.90. The second-order valence-corrected chi connectivity index (χ2v) is 5.90. The molecule has 1 aromatic heterocycles. The largest absolute Gasteiger partial charge is 0.493 e. The van der Waals surface area contributed by atoms with Crippen LogP contribution in [0.4, 0.5) is 8.78 Å². The van der Waals surface area contributed by atoms with Crippen molar-refractivity contribution < 1.29 is 32.6 Å². The molecule has 1 atom stereocenters. The van der Waals surface area contributed by atoms with Gasteiger partial charge in [-0.05, 0) is 31.2 Å². The Bertz CT molecular complexity index is 1010. The van der Waals surface area contributed by atoms with Crippen molar-refractivity contribution in [3.05, 3.63) is 59.8 Å². The summed E-state index contributed by atoms with van der Waals surface area (Å²) in [6.07, 6.45) is 0.520. The summed E-state index contributed by atoms with van der Waals surface area (Å²) in [5.41, 5.74) is 1.25. The van der Waals surface area contributed by atoms with E-state index < -0.39 is 18.7 Å². The van der Waals surface area contributed by atoms with Gasteiger partial charge in [-0.25, -0.2) is 4.79 Å². The normalized spacial score (nSPS) is 12.0. The van der Waals surface area contributed by atoms with Gasteiger partial charge in [0.25, 0.3) is 0 Å². The molecule has 0 bridgehead atoms. The SMILES string of the molecule is COc1cc(C(=O)O[C@H](C)C(=O)c2c[nH]c3ccccc23)ccc1OC(F)F. The fraction of sp³-hybridized carbons (Fsp3) is 0.200. The number of esters is 1. The molecule has 0 fully saturated rings. The maximum Gasteiger partial charge on any atom is 0.387 e. The third-order valence-corrected chi connectivity index (χ3v) is 4.12. The van der Waals surface area contributed by atoms with Crippen molar-refractivity contribution in [2.24, 2.45) is 0 Å². The van der Waals surface area contributed by atoms with Gasteiger partial charge in [-0.2, -0.15) is 8.78 Å². The highest BCUT2D eigenvalue weighted by molar-refractivity contribution is 6.10. The highest BCUT2D eigenvalue weighted by Crippen LogP contribution is 2.30. The molecule has 8 heteroatoms. The summed E-state index contributed by atoms with van der Waals surface area (Å²) in [6.45, 7) is -1.56. The summed E-state index contributed by atoms with van der Waals surface area (Å²) < 4.78 is 39.3. The molecule has 3 rings (SSSR count). The van der Waals surface area contributed by atoms with Gasteiger partial charge in [-0.1, -0.05) is 18.2 Å². The molecule has 0 radical (unpaired) electrons. The Labute approximate surface area is 159 Å². The van der Waals surface area contributed by atoms with Crippen LogP contribution in [0.5, 0.6) is 11.5 Å². The number of nitrogens with one attached hydrogen (secondary N) is 1. The van der Waals surface area contributed by atoms with Crippen molar-refractivity contribution in [2.75, 3.05) is 7.11 Å². The first kappa shape index (κ1) is 19.3. The molecule has 0 spiro atoms. The number of aromatic amines is 1. The molecule has 1 heterocycles. The number of Topliss-reactive ketones (excluding diaryl/α,β-unsaturated/α-hetero) is 1. The quantitative estimate of drug-likeness (QED) is 0.484. The van der Waals surface area contributed by atoms with Crippen molar-refractivity contribution in [2.45, 2.75) is 19.6 Å². The number of H-pyrrole nitrogens is 1. The molecule has 0 saturated heterocycles. The van der Waals surface area contributed by atoms with Gasteiger partial charge >= 0.3 is 12.6 Å². The number of methoxy groups -OCH3 is 1. The van der Waals surface area contributed by atoms with Gasteiger partial charge in [-0.3, -0.25) is 4.79 Å². The number of alkyl halides is 2. The number of carbonyl (C=O) groups excluding carboxylic acids is 2. The number of hydrogen-bond donors (Lipinski definition) is 1. The second kappa shape index (κ2) is 8.08. The first-order chi connectivity index (χ1) is 13.4. The van der Waals surface area contributed by atoms with E-state index >= 15 is 0 Å². The third-order valence-electron chi connectivity index (χ3n) is 4.12. The minimum Gasteiger partial charge on any atom is -0.493 e. The number of rotatable bonds is 7. The van der Waals surface area contributed by atoms with E-state index in [9.17, 15) is 18.4 Å². The Kier molecular flexibility index (Phi) is 5.58. The number of ketones is 1. The maximum absolute atomic E-state index is 12.7. The van der Waals surface area contributed by atoms with Crippen LogP contribution >= 0.6 is 0 Å². The lowest BCUT2D eigenvalue weighted by Crippen LogP contribution is -2.24. The zero-order valence-electron chi connectivity index (χ0n) is 15.1. The summed E-state index contributed by atoms with van der Waals surface area (Å²) >= 11 is 0. The van der Waals surface area contributed by atoms with Gasteiger partial charge in [0.05, 0.1) is 12.7 Å². The number of carbonyl (C=O) groups is 2. The minimum atomic E-state index is -3.03. The Morgan fingerprint density at radius 1 is 1.07 bits per heavy atom. The minimum absolute atomic E-state index is 0.0389. The zero-order valence-corrected chi connectivity index (χ0v) is 15.1. The molecule has 0 saturated carbocycles. The van der Waals surface area contributed by atoms with E-state index in [1.54, 1.807) is 18.3 Å². The average Bonchev–Trinajstić information content (AvgIpc) is 3.11. The lowest BCUT2D eigenvalue weighted by Gasteiger charge is -2.14. The van der Waals surface area contributed by atoms with Crippen molar-refractivity contribution >= 4 is 22.7 Å². The lowest BCUT2D eigenvalue weighted by atomic mass is 10.1. The van der Waals surface area contributed by atoms with Crippen molar-refractivity contribution in [3.8, 4) is 11.5 Å². The van der Waals surface area contributed by atoms with E-state index in [4.69, 9.17) is 9.47 Å². The number of halogens is 2. The molecule has 28 heavy (non-hydrogen) atoms. The molecular formula is C20H17F2NO5. The summed E-state index contributed by atoms with van der Waals surface area (Å²) in [6, 6.07) is 10.9. The average molecular weight is 389 g/mol. The van der Waals surface area contributed by atoms with Gasteiger partial charge in [0.1, 0.15) is 0 Å². The molecule has 0 aliphatic carbocycles. The maximum atomic E-state index is 12.7. The number of fused-ring (bicyclic) bond motifs is 1. The van der Waals surface area contributed by atoms with E-state index in [0.29, 0.717) is 5.56 Å². The van der Waals surface area contributed by atoms with Crippen LogP contribution in [0.25, 0.3) is 10.9 Å². The van der Waals surface area contributed by atoms with Crippen LogP contribution in [0.3, 0.4) is 0 Å². The Balaban J connectivity index is 1.76. The molecule has 0 aliphatic rings. The molecule has 3 aromatic rings. The number of aromatic nitrogens is 1. The molecule has 0 aliphatic heterocycles. The Hall–Kier alpha value is -3.42. The van der Waals surface area contributed by atoms with Crippen LogP contribution in [0.15, 0.2) is 48.7 Å². The van der Waals surface area contributed by atoms with Crippen LogP contribution in [0, 0.1) is 0 Å². The topological polar surface area (TPSA) is 77.6 Å². The van der Waals surface area contributed by atoms with Crippen molar-refractivity contribution in [1.82, 2.24) is 4.98 Å². The monoisotopic (exact) mass is 389 g/mol. The first-order valence-corrected chi connectivity index (χ1v) is 8.35. The fourth-order valence-electron chi connectivity index (χ4n) is 2.76. The van der Waals surface area contributed by atoms with Gasteiger partial charge < -0.3 is 19.2 Å². The molecule has 0 unspecified atom stereocenters. The van der Waals surface area contributed by atoms with E-state index in [1.807, 2.05) is 12.1 Å². The highest BCUT2D eigenvalue weighted by atomic mass is 19.3. The number of hydrogen-bond acceptors (Lipinski definition) is 5. The summed E-state index contributed by atoms with van der Waals surface area (Å²) in [5, 5.41) is 0.727. The van der Waals surface area contributed by atoms with Crippen LogP contribution in [0.2, 0.25) is 0 Å². The van der Waals surface area contributed by atoms with E-state index in [-0.39, 0.29) is 22.8 Å². The number of ether oxygens (including phenoxy) is 3. The van der Waals surface area contributed by atoms with E-state index in [2.05, 4.69) is 9.72 Å². The summed E-state index contributed by atoms with van der Waals surface area (Å²) in [7, 11) is 1.26. The number of para-hydroxylation sites is 1. The molecule has 2 aromatic carbocycles. The molecule has 146 valence electrons. The van der Waals surface area contributed by atoms with Crippen LogP contribution in [-0.2, 0) is 4.74 Å². The van der Waals surface area contributed by atoms with Gasteiger partial charge in [0, 0.05) is 22.7 Å². The summed E-state index contributed by atoms with van der Waals surface area (Å²) in [5.74, 6) is -1.42. The number of benzene rings is 2. The molecular weight excluding hydrogens is 372 g/mol. The highest BCUT2D eigenvalue weighted by Gasteiger charge is 2.23. The van der Waals surface area contributed by atoms with E-state index in [0.717, 1.165) is 10.9 Å². The standard InChI is InChI=1S/C20H17F2NO5/c1-11(18(24)14-10-23-15-6-4-3-5-13(14)15)27-19(25)12-7-8-16(28-20(21)22)17(9-12)26-2/h3-11,20,23H,1-2H3/t11-/m1/s1. The predicted molar refractivity (Wildman–Crippen MR) is 97.1 cm³/mol. The zero-order chi connectivity index (χ0) is 20.3. The smallest absolute Gasteiger partial charge is 0.387 e. The third kappa shape index (κ3) is 3.95. The van der Waals surface area contributed by atoms with E-state index in [1.165, 1.54) is 32.2 Å². The molecule has 1 N–H and O–H groups in total. The predicted octanol–water partition coefficient (Wildman–Crippen LogP) is 4.21. The first-order valence-electron chi connectivity index (χ1n) is 8.35.